The molecular formula is C19H24N2O4. The number of amides is 2. The van der Waals surface area contributed by atoms with Crippen molar-refractivity contribution in [2.24, 2.45) is 5.92 Å². The summed E-state index contributed by atoms with van der Waals surface area (Å²) in [5.74, 6) is 1.76. The van der Waals surface area contributed by atoms with Crippen LogP contribution in [0.25, 0.3) is 0 Å². The second-order valence-electron chi connectivity index (χ2n) is 6.83. The molecule has 0 saturated carbocycles. The molecule has 6 heteroatoms. The van der Waals surface area contributed by atoms with Crippen molar-refractivity contribution in [2.75, 3.05) is 6.54 Å². The van der Waals surface area contributed by atoms with Gasteiger partial charge in [-0.2, -0.15) is 0 Å². The largest absolute Gasteiger partial charge is 0.472 e. The average molecular weight is 344 g/mol. The third-order valence-corrected chi connectivity index (χ3v) is 4.74. The summed E-state index contributed by atoms with van der Waals surface area (Å²) in [6.07, 6.45) is 4.61. The van der Waals surface area contributed by atoms with Crippen LogP contribution in [0.5, 0.6) is 0 Å². The van der Waals surface area contributed by atoms with Crippen LogP contribution < -0.4 is 5.32 Å². The number of aryl methyl sites for hydroxylation is 1. The standard InChI is InChI=1S/C19H24N2O4/c1-12-6-8-21(16(10-12)17-5-4-13(2)25-17)19(23)14(3)20-18(22)15-7-9-24-11-15/h4-5,7,9,11-12,14,16H,6,8,10H2,1-3H3,(H,20,22)/t12-,14+,16-/m0/s1. The molecule has 0 spiro atoms. The number of carbonyl (C=O) groups is 2. The van der Waals surface area contributed by atoms with Crippen molar-refractivity contribution >= 4 is 11.8 Å². The maximum Gasteiger partial charge on any atom is 0.255 e. The maximum absolute atomic E-state index is 12.9. The minimum Gasteiger partial charge on any atom is -0.472 e. The van der Waals surface area contributed by atoms with E-state index in [1.165, 1.54) is 12.5 Å². The Kier molecular flexibility index (Phi) is 4.97. The lowest BCUT2D eigenvalue weighted by atomic mass is 9.90. The van der Waals surface area contributed by atoms with Crippen molar-refractivity contribution in [3.05, 3.63) is 47.8 Å². The molecule has 1 aliphatic heterocycles. The smallest absolute Gasteiger partial charge is 0.255 e. The molecule has 2 amide bonds. The summed E-state index contributed by atoms with van der Waals surface area (Å²) in [6, 6.07) is 4.73. The number of hydrogen-bond donors (Lipinski definition) is 1. The summed E-state index contributed by atoms with van der Waals surface area (Å²) in [7, 11) is 0. The summed E-state index contributed by atoms with van der Waals surface area (Å²) in [4.78, 5) is 26.9. The second-order valence-corrected chi connectivity index (χ2v) is 6.83. The van der Waals surface area contributed by atoms with E-state index in [0.717, 1.165) is 24.4 Å². The number of nitrogens with zero attached hydrogens (tertiary/aromatic N) is 1. The van der Waals surface area contributed by atoms with Crippen LogP contribution in [0, 0.1) is 12.8 Å². The van der Waals surface area contributed by atoms with Gasteiger partial charge in [-0.1, -0.05) is 6.92 Å². The third kappa shape index (κ3) is 3.78. The molecule has 1 N–H and O–H groups in total. The van der Waals surface area contributed by atoms with Gasteiger partial charge >= 0.3 is 0 Å². The van der Waals surface area contributed by atoms with Gasteiger partial charge in [-0.05, 0) is 50.8 Å². The summed E-state index contributed by atoms with van der Waals surface area (Å²) in [5, 5.41) is 2.75. The Morgan fingerprint density at radius 3 is 2.76 bits per heavy atom. The fraction of sp³-hybridized carbons (Fsp3) is 0.474. The van der Waals surface area contributed by atoms with Gasteiger partial charge < -0.3 is 19.1 Å². The SMILES string of the molecule is Cc1ccc([C@@H]2C[C@@H](C)CCN2C(=O)[C@@H](C)NC(=O)c2ccoc2)o1. The van der Waals surface area contributed by atoms with Crippen LogP contribution in [-0.2, 0) is 4.79 Å². The monoisotopic (exact) mass is 344 g/mol. The van der Waals surface area contributed by atoms with Crippen molar-refractivity contribution in [1.29, 1.82) is 0 Å². The Bertz CT molecular complexity index is 734. The lowest BCUT2D eigenvalue weighted by Gasteiger charge is -2.38. The van der Waals surface area contributed by atoms with Gasteiger partial charge in [0.25, 0.3) is 5.91 Å². The van der Waals surface area contributed by atoms with E-state index in [1.54, 1.807) is 13.0 Å². The van der Waals surface area contributed by atoms with Crippen molar-refractivity contribution in [3.8, 4) is 0 Å². The van der Waals surface area contributed by atoms with Crippen molar-refractivity contribution < 1.29 is 18.4 Å². The molecule has 0 bridgehead atoms. The Hall–Kier alpha value is -2.50. The number of carbonyl (C=O) groups excluding carboxylic acids is 2. The highest BCUT2D eigenvalue weighted by Crippen LogP contribution is 2.35. The van der Waals surface area contributed by atoms with Crippen LogP contribution in [0.15, 0.2) is 39.6 Å². The molecule has 0 unspecified atom stereocenters. The van der Waals surface area contributed by atoms with Gasteiger partial charge in [0.2, 0.25) is 5.91 Å². The van der Waals surface area contributed by atoms with Crippen molar-refractivity contribution in [3.63, 3.8) is 0 Å². The van der Waals surface area contributed by atoms with Gasteiger partial charge in [0, 0.05) is 6.54 Å². The van der Waals surface area contributed by atoms with Gasteiger partial charge in [-0.15, -0.1) is 0 Å². The first-order valence-corrected chi connectivity index (χ1v) is 8.65. The Morgan fingerprint density at radius 2 is 2.12 bits per heavy atom. The molecular weight excluding hydrogens is 320 g/mol. The molecule has 6 nitrogen and oxygen atoms in total. The minimum atomic E-state index is -0.616. The highest BCUT2D eigenvalue weighted by Gasteiger charge is 2.35. The van der Waals surface area contributed by atoms with E-state index < -0.39 is 6.04 Å². The number of nitrogens with one attached hydrogen (secondary N) is 1. The lowest BCUT2D eigenvalue weighted by Crippen LogP contribution is -2.50. The van der Waals surface area contributed by atoms with Crippen LogP contribution in [-0.4, -0.2) is 29.3 Å². The first-order valence-electron chi connectivity index (χ1n) is 8.65. The van der Waals surface area contributed by atoms with E-state index in [4.69, 9.17) is 8.83 Å². The van der Waals surface area contributed by atoms with Gasteiger partial charge in [-0.3, -0.25) is 9.59 Å². The zero-order valence-electron chi connectivity index (χ0n) is 14.8. The quantitative estimate of drug-likeness (QED) is 0.923. The summed E-state index contributed by atoms with van der Waals surface area (Å²) < 4.78 is 10.7. The van der Waals surface area contributed by atoms with Gasteiger partial charge in [0.1, 0.15) is 23.8 Å². The van der Waals surface area contributed by atoms with Crippen molar-refractivity contribution in [2.45, 2.75) is 45.7 Å². The Morgan fingerprint density at radius 1 is 1.32 bits per heavy atom. The van der Waals surface area contributed by atoms with Crippen LogP contribution in [0.1, 0.15) is 54.6 Å². The van der Waals surface area contributed by atoms with Crippen molar-refractivity contribution in [1.82, 2.24) is 10.2 Å². The fourth-order valence-corrected chi connectivity index (χ4v) is 3.29. The van der Waals surface area contributed by atoms with E-state index in [-0.39, 0.29) is 17.9 Å². The van der Waals surface area contributed by atoms with E-state index in [1.807, 2.05) is 24.0 Å². The van der Waals surface area contributed by atoms with E-state index in [0.29, 0.717) is 18.0 Å². The molecule has 3 rings (SSSR count). The third-order valence-electron chi connectivity index (χ3n) is 4.74. The predicted molar refractivity (Wildman–Crippen MR) is 91.9 cm³/mol. The minimum absolute atomic E-state index is 0.0850. The number of rotatable bonds is 4. The van der Waals surface area contributed by atoms with Crippen LogP contribution in [0.2, 0.25) is 0 Å². The van der Waals surface area contributed by atoms with Crippen LogP contribution >= 0.6 is 0 Å². The normalized spacial score (nSPS) is 21.8. The molecule has 1 saturated heterocycles. The highest BCUT2D eigenvalue weighted by molar-refractivity contribution is 5.97. The van der Waals surface area contributed by atoms with E-state index >= 15 is 0 Å². The average Bonchev–Trinajstić information content (AvgIpc) is 3.25. The van der Waals surface area contributed by atoms with Gasteiger partial charge in [-0.25, -0.2) is 0 Å². The summed E-state index contributed by atoms with van der Waals surface area (Å²) in [6.45, 7) is 6.46. The fourth-order valence-electron chi connectivity index (χ4n) is 3.29. The number of piperidine rings is 1. The van der Waals surface area contributed by atoms with Crippen LogP contribution in [0.4, 0.5) is 0 Å². The zero-order chi connectivity index (χ0) is 18.0. The first kappa shape index (κ1) is 17.3. The highest BCUT2D eigenvalue weighted by atomic mass is 16.3. The molecule has 25 heavy (non-hydrogen) atoms. The second kappa shape index (κ2) is 7.17. The molecule has 0 aliphatic carbocycles. The number of hydrogen-bond acceptors (Lipinski definition) is 4. The summed E-state index contributed by atoms with van der Waals surface area (Å²) in [5.41, 5.74) is 0.408. The lowest BCUT2D eigenvalue weighted by molar-refractivity contribution is -0.138. The molecule has 3 atom stereocenters. The van der Waals surface area contributed by atoms with Gasteiger partial charge in [0.15, 0.2) is 0 Å². The molecule has 0 radical (unpaired) electrons. The molecule has 0 aromatic carbocycles. The Balaban J connectivity index is 1.73. The number of likely N-dealkylation sites (tertiary alicyclic amines) is 1. The number of furan rings is 2. The molecule has 1 aliphatic rings. The topological polar surface area (TPSA) is 75.7 Å². The molecule has 1 fully saturated rings. The molecule has 3 heterocycles. The van der Waals surface area contributed by atoms with E-state index in [2.05, 4.69) is 12.2 Å². The first-order chi connectivity index (χ1) is 12.0. The summed E-state index contributed by atoms with van der Waals surface area (Å²) >= 11 is 0. The molecule has 134 valence electrons. The van der Waals surface area contributed by atoms with E-state index in [9.17, 15) is 9.59 Å². The maximum atomic E-state index is 12.9. The zero-order valence-corrected chi connectivity index (χ0v) is 14.8. The van der Waals surface area contributed by atoms with Gasteiger partial charge in [0.05, 0.1) is 17.9 Å². The molecule has 2 aromatic heterocycles. The van der Waals surface area contributed by atoms with Crippen LogP contribution in [0.3, 0.4) is 0 Å². The Labute approximate surface area is 147 Å². The molecule has 2 aromatic rings. The predicted octanol–water partition coefficient (Wildman–Crippen LogP) is 3.30.